The Labute approximate surface area is 111 Å². The van der Waals surface area contributed by atoms with Crippen molar-refractivity contribution in [1.29, 1.82) is 0 Å². The van der Waals surface area contributed by atoms with Crippen molar-refractivity contribution in [2.45, 2.75) is 36.6 Å². The minimum absolute atomic E-state index is 2.12. The summed E-state index contributed by atoms with van der Waals surface area (Å²) in [7, 11) is -10.4. The first-order chi connectivity index (χ1) is 8.83. The van der Waals surface area contributed by atoms with Crippen molar-refractivity contribution in [2.75, 3.05) is 0 Å². The van der Waals surface area contributed by atoms with Crippen LogP contribution in [-0.2, 0) is 18.2 Å². The highest BCUT2D eigenvalue weighted by molar-refractivity contribution is 7.46. The number of phosphoric ester groups is 2. The number of phosphoric acid groups is 2. The maximum Gasteiger partial charge on any atom is 0.470 e. The van der Waals surface area contributed by atoms with Gasteiger partial charge < -0.3 is 40.0 Å². The van der Waals surface area contributed by atoms with Crippen LogP contribution in [0.25, 0.3) is 0 Å². The highest BCUT2D eigenvalue weighted by Gasteiger charge is 2.53. The van der Waals surface area contributed by atoms with E-state index < -0.39 is 52.3 Å². The predicted octanol–water partition coefficient (Wildman–Crippen LogP) is -3.60. The Hall–Kier alpha value is 0.0600. The summed E-state index contributed by atoms with van der Waals surface area (Å²) in [5.74, 6) is 0. The number of aliphatic hydroxyl groups is 4. The van der Waals surface area contributed by atoms with E-state index in [0.29, 0.717) is 0 Å². The van der Waals surface area contributed by atoms with Crippen LogP contribution >= 0.6 is 15.6 Å². The molecule has 1 saturated carbocycles. The highest BCUT2D eigenvalue weighted by atomic mass is 31.2. The van der Waals surface area contributed by atoms with Crippen molar-refractivity contribution in [3.05, 3.63) is 0 Å². The van der Waals surface area contributed by atoms with E-state index in [1.165, 1.54) is 0 Å². The summed E-state index contributed by atoms with van der Waals surface area (Å²) in [6.07, 6.45) is -12.8. The predicted molar refractivity (Wildman–Crippen MR) is 57.9 cm³/mol. The van der Waals surface area contributed by atoms with Crippen LogP contribution in [-0.4, -0.2) is 76.6 Å². The van der Waals surface area contributed by atoms with Crippen LogP contribution in [0.2, 0.25) is 0 Å². The summed E-state index contributed by atoms with van der Waals surface area (Å²) in [5.41, 5.74) is 0. The van der Waals surface area contributed by atoms with E-state index in [1.54, 1.807) is 0 Å². The van der Waals surface area contributed by atoms with E-state index >= 15 is 0 Å². The second-order valence-electron chi connectivity index (χ2n) is 4.08. The highest BCUT2D eigenvalue weighted by Crippen LogP contribution is 2.45. The Bertz CT molecular complexity index is 390. The lowest BCUT2D eigenvalue weighted by Crippen LogP contribution is -2.64. The number of rotatable bonds is 4. The molecule has 0 aromatic heterocycles. The molecule has 1 rings (SSSR count). The number of hydrogen-bond acceptors (Lipinski definition) is 8. The summed E-state index contributed by atoms with van der Waals surface area (Å²) in [5, 5.41) is 38.0. The van der Waals surface area contributed by atoms with Gasteiger partial charge in [-0.2, -0.15) is 0 Å². The van der Waals surface area contributed by atoms with Crippen LogP contribution in [0.4, 0.5) is 0 Å². The molecule has 6 atom stereocenters. The third-order valence-electron chi connectivity index (χ3n) is 2.56. The Balaban J connectivity index is 3.02. The molecule has 20 heavy (non-hydrogen) atoms. The maximum absolute atomic E-state index is 10.7. The molecule has 0 amide bonds. The zero-order valence-corrected chi connectivity index (χ0v) is 11.4. The Morgan fingerprint density at radius 3 is 1.15 bits per heavy atom. The molecular formula is C6H14O12P2. The van der Waals surface area contributed by atoms with Crippen LogP contribution in [0.15, 0.2) is 0 Å². The molecule has 0 saturated heterocycles. The fourth-order valence-electron chi connectivity index (χ4n) is 1.75. The van der Waals surface area contributed by atoms with Gasteiger partial charge in [-0.05, 0) is 0 Å². The molecule has 12 nitrogen and oxygen atoms in total. The Morgan fingerprint density at radius 2 is 0.900 bits per heavy atom. The number of hydrogen-bond donors (Lipinski definition) is 8. The smallest absolute Gasteiger partial charge is 0.387 e. The molecule has 0 unspecified atom stereocenters. The molecular weight excluding hydrogens is 326 g/mol. The summed E-state index contributed by atoms with van der Waals surface area (Å²) >= 11 is 0. The molecule has 0 spiro atoms. The van der Waals surface area contributed by atoms with Crippen molar-refractivity contribution >= 4 is 15.6 Å². The van der Waals surface area contributed by atoms with Crippen LogP contribution in [0.5, 0.6) is 0 Å². The van der Waals surface area contributed by atoms with E-state index in [-0.39, 0.29) is 0 Å². The molecule has 0 aliphatic heterocycles. The second-order valence-corrected chi connectivity index (χ2v) is 6.47. The minimum atomic E-state index is -5.20. The van der Waals surface area contributed by atoms with Gasteiger partial charge in [0, 0.05) is 0 Å². The van der Waals surface area contributed by atoms with Gasteiger partial charge in [-0.1, -0.05) is 0 Å². The molecule has 0 heterocycles. The molecule has 1 aliphatic carbocycles. The molecule has 0 aromatic carbocycles. The van der Waals surface area contributed by atoms with Gasteiger partial charge in [-0.3, -0.25) is 9.05 Å². The van der Waals surface area contributed by atoms with Crippen molar-refractivity contribution in [3.8, 4) is 0 Å². The van der Waals surface area contributed by atoms with Gasteiger partial charge in [0.2, 0.25) is 0 Å². The molecule has 0 bridgehead atoms. The van der Waals surface area contributed by atoms with Gasteiger partial charge in [-0.15, -0.1) is 0 Å². The lowest BCUT2D eigenvalue weighted by Gasteiger charge is -2.42. The van der Waals surface area contributed by atoms with E-state index in [9.17, 15) is 29.6 Å². The van der Waals surface area contributed by atoms with Crippen LogP contribution in [0.1, 0.15) is 0 Å². The third-order valence-corrected chi connectivity index (χ3v) is 3.60. The Kier molecular flexibility index (Phi) is 5.48. The minimum Gasteiger partial charge on any atom is -0.387 e. The quantitative estimate of drug-likeness (QED) is 0.233. The standard InChI is InChI=1S/C6H14O12P2/c7-1-2(8)5(17-19(11,12)13)4(10)6(3(1)9)18-20(14,15)16/h1-10H,(H2,11,12,13)(H2,14,15,16)/t1-,2-,3+,4-,5+,6-. The maximum atomic E-state index is 10.7. The summed E-state index contributed by atoms with van der Waals surface area (Å²) < 4.78 is 29.4. The lowest BCUT2D eigenvalue weighted by molar-refractivity contribution is -0.215. The molecule has 1 aliphatic rings. The van der Waals surface area contributed by atoms with Gasteiger partial charge in [0.1, 0.15) is 36.6 Å². The van der Waals surface area contributed by atoms with Gasteiger partial charge in [0.15, 0.2) is 0 Å². The van der Waals surface area contributed by atoms with Crippen molar-refractivity contribution in [1.82, 2.24) is 0 Å². The summed E-state index contributed by atoms with van der Waals surface area (Å²) in [4.78, 5) is 34.4. The average molecular weight is 340 g/mol. The molecule has 0 aromatic rings. The van der Waals surface area contributed by atoms with E-state index in [0.717, 1.165) is 0 Å². The van der Waals surface area contributed by atoms with Crippen molar-refractivity contribution < 1.29 is 58.2 Å². The first kappa shape index (κ1) is 18.1. The molecule has 14 heteroatoms. The van der Waals surface area contributed by atoms with Crippen molar-refractivity contribution in [2.24, 2.45) is 0 Å². The lowest BCUT2D eigenvalue weighted by atomic mass is 9.85. The van der Waals surface area contributed by atoms with Gasteiger partial charge in [-0.25, -0.2) is 9.13 Å². The topological polar surface area (TPSA) is 214 Å². The zero-order valence-electron chi connectivity index (χ0n) is 9.57. The fourth-order valence-corrected chi connectivity index (χ4v) is 2.88. The summed E-state index contributed by atoms with van der Waals surface area (Å²) in [6.45, 7) is 0. The number of aliphatic hydroxyl groups excluding tert-OH is 4. The van der Waals surface area contributed by atoms with Crippen LogP contribution in [0.3, 0.4) is 0 Å². The zero-order chi connectivity index (χ0) is 15.9. The second kappa shape index (κ2) is 6.05. The van der Waals surface area contributed by atoms with Crippen LogP contribution < -0.4 is 0 Å². The van der Waals surface area contributed by atoms with Gasteiger partial charge in [0.25, 0.3) is 0 Å². The average Bonchev–Trinajstić information content (AvgIpc) is 2.25. The third kappa shape index (κ3) is 4.53. The molecule has 1 fully saturated rings. The van der Waals surface area contributed by atoms with E-state index in [4.69, 9.17) is 19.6 Å². The van der Waals surface area contributed by atoms with E-state index in [2.05, 4.69) is 9.05 Å². The van der Waals surface area contributed by atoms with Crippen LogP contribution in [0, 0.1) is 0 Å². The first-order valence-electron chi connectivity index (χ1n) is 5.03. The van der Waals surface area contributed by atoms with E-state index in [1.807, 2.05) is 0 Å². The molecule has 120 valence electrons. The Morgan fingerprint density at radius 1 is 0.600 bits per heavy atom. The normalized spacial score (nSPS) is 39.8. The van der Waals surface area contributed by atoms with Gasteiger partial charge >= 0.3 is 15.6 Å². The van der Waals surface area contributed by atoms with Gasteiger partial charge in [0.05, 0.1) is 0 Å². The molecule has 8 N–H and O–H groups in total. The first-order valence-corrected chi connectivity index (χ1v) is 8.10. The largest absolute Gasteiger partial charge is 0.470 e. The SMILES string of the molecule is O=P(O)(O)O[C@@H]1[C@@H](O)[C@H](OP(=O)(O)O)[C@@H](O)[C@H](O)[C@H]1O. The fraction of sp³-hybridized carbons (Fsp3) is 1.00. The molecule has 0 radical (unpaired) electrons. The van der Waals surface area contributed by atoms with Crippen molar-refractivity contribution in [3.63, 3.8) is 0 Å². The monoisotopic (exact) mass is 340 g/mol. The summed E-state index contributed by atoms with van der Waals surface area (Å²) in [6, 6.07) is 0.